The maximum atomic E-state index is 13.0. The summed E-state index contributed by atoms with van der Waals surface area (Å²) in [6, 6.07) is 3.94. The van der Waals surface area contributed by atoms with Crippen LogP contribution in [0.15, 0.2) is 33.6 Å². The Bertz CT molecular complexity index is 545. The largest absolute Gasteiger partial charge is 0.352 e. The molecule has 1 N–H and O–H groups in total. The van der Waals surface area contributed by atoms with E-state index in [2.05, 4.69) is 35.9 Å². The van der Waals surface area contributed by atoms with Crippen LogP contribution in [-0.2, 0) is 6.42 Å². The predicted octanol–water partition coefficient (Wildman–Crippen LogP) is 1.94. The lowest BCUT2D eigenvalue weighted by atomic mass is 10.2. The van der Waals surface area contributed by atoms with Crippen molar-refractivity contribution in [3.8, 4) is 0 Å². The third kappa shape index (κ3) is 3.13. The highest BCUT2D eigenvalue weighted by atomic mass is 79.9. The minimum absolute atomic E-state index is 0.253. The molecule has 0 atom stereocenters. The number of carbonyl (C=O) groups is 1. The Labute approximate surface area is 111 Å². The van der Waals surface area contributed by atoms with E-state index in [0.29, 0.717) is 23.3 Å². The molecule has 1 aromatic carbocycles. The number of nitrogens with one attached hydrogen (secondary N) is 1. The van der Waals surface area contributed by atoms with Gasteiger partial charge in [0.25, 0.3) is 5.91 Å². The monoisotopic (exact) mass is 313 g/mol. The van der Waals surface area contributed by atoms with Crippen LogP contribution in [0.1, 0.15) is 16.2 Å². The van der Waals surface area contributed by atoms with Gasteiger partial charge in [0, 0.05) is 17.4 Å². The summed E-state index contributed by atoms with van der Waals surface area (Å²) >= 11 is 3.19. The molecule has 0 unspecified atom stereocenters. The molecule has 0 aliphatic carbocycles. The molecule has 7 heteroatoms. The van der Waals surface area contributed by atoms with Gasteiger partial charge >= 0.3 is 0 Å². The number of hydrogen-bond donors (Lipinski definition) is 1. The van der Waals surface area contributed by atoms with Crippen molar-refractivity contribution in [1.29, 1.82) is 0 Å². The van der Waals surface area contributed by atoms with Crippen LogP contribution >= 0.6 is 15.9 Å². The van der Waals surface area contributed by atoms with Crippen molar-refractivity contribution in [1.82, 2.24) is 15.5 Å². The van der Waals surface area contributed by atoms with Gasteiger partial charge in [-0.2, -0.15) is 4.98 Å². The van der Waals surface area contributed by atoms with Gasteiger partial charge in [-0.15, -0.1) is 0 Å². The lowest BCUT2D eigenvalue weighted by Crippen LogP contribution is -2.26. The number of amides is 1. The Morgan fingerprint density at radius 3 is 3.06 bits per heavy atom. The molecule has 94 valence electrons. The number of carbonyl (C=O) groups excluding carboxylic acids is 1. The van der Waals surface area contributed by atoms with Gasteiger partial charge in [-0.25, -0.2) is 4.39 Å². The summed E-state index contributed by atoms with van der Waals surface area (Å²) < 4.78 is 18.1. The van der Waals surface area contributed by atoms with Gasteiger partial charge < -0.3 is 9.84 Å². The zero-order chi connectivity index (χ0) is 13.0. The summed E-state index contributed by atoms with van der Waals surface area (Å²) in [6.07, 6.45) is 1.68. The second-order valence-corrected chi connectivity index (χ2v) is 4.33. The van der Waals surface area contributed by atoms with Gasteiger partial charge in [0.1, 0.15) is 5.82 Å². The highest BCUT2D eigenvalue weighted by Gasteiger charge is 2.10. The fraction of sp³-hybridized carbons (Fsp3) is 0.182. The van der Waals surface area contributed by atoms with E-state index in [9.17, 15) is 9.18 Å². The van der Waals surface area contributed by atoms with Crippen molar-refractivity contribution < 1.29 is 13.7 Å². The summed E-state index contributed by atoms with van der Waals surface area (Å²) in [4.78, 5) is 15.6. The minimum Gasteiger partial charge on any atom is -0.352 e. The first kappa shape index (κ1) is 12.7. The molecule has 1 amide bonds. The molecule has 0 spiro atoms. The van der Waals surface area contributed by atoms with Crippen molar-refractivity contribution >= 4 is 21.8 Å². The van der Waals surface area contributed by atoms with Crippen molar-refractivity contribution in [2.75, 3.05) is 6.54 Å². The lowest BCUT2D eigenvalue weighted by molar-refractivity contribution is 0.0952. The van der Waals surface area contributed by atoms with E-state index in [1.54, 1.807) is 0 Å². The third-order valence-corrected chi connectivity index (χ3v) is 2.91. The molecule has 0 bridgehead atoms. The van der Waals surface area contributed by atoms with Crippen LogP contribution in [0.4, 0.5) is 4.39 Å². The molecule has 0 aliphatic rings. The maximum absolute atomic E-state index is 13.0. The minimum atomic E-state index is -0.457. The lowest BCUT2D eigenvalue weighted by Gasteiger charge is -2.05. The molecule has 2 rings (SSSR count). The van der Waals surface area contributed by atoms with E-state index in [1.165, 1.54) is 24.6 Å². The van der Waals surface area contributed by atoms with Crippen LogP contribution in [0.5, 0.6) is 0 Å². The Morgan fingerprint density at radius 2 is 2.33 bits per heavy atom. The highest BCUT2D eigenvalue weighted by Crippen LogP contribution is 2.17. The third-order valence-electron chi connectivity index (χ3n) is 2.21. The van der Waals surface area contributed by atoms with Crippen LogP contribution in [0.3, 0.4) is 0 Å². The molecule has 0 aliphatic heterocycles. The molecule has 0 fully saturated rings. The van der Waals surface area contributed by atoms with E-state index >= 15 is 0 Å². The molecule has 5 nitrogen and oxygen atoms in total. The SMILES string of the molecule is O=C(NCCc1ncon1)c1cc(F)ccc1Br. The van der Waals surface area contributed by atoms with Gasteiger partial charge in [0.15, 0.2) is 5.82 Å². The second kappa shape index (κ2) is 5.72. The maximum Gasteiger partial charge on any atom is 0.252 e. The van der Waals surface area contributed by atoms with Gasteiger partial charge in [0.05, 0.1) is 5.56 Å². The van der Waals surface area contributed by atoms with Crippen LogP contribution in [0.2, 0.25) is 0 Å². The van der Waals surface area contributed by atoms with Crippen LogP contribution in [0.25, 0.3) is 0 Å². The predicted molar refractivity (Wildman–Crippen MR) is 64.4 cm³/mol. The average Bonchev–Trinajstić information content (AvgIpc) is 2.85. The van der Waals surface area contributed by atoms with Crippen molar-refractivity contribution in [3.63, 3.8) is 0 Å². The fourth-order valence-corrected chi connectivity index (χ4v) is 1.78. The van der Waals surface area contributed by atoms with Crippen LogP contribution in [0, 0.1) is 5.82 Å². The Balaban J connectivity index is 1.93. The number of hydrogen-bond acceptors (Lipinski definition) is 4. The first-order valence-corrected chi connectivity index (χ1v) is 5.94. The van der Waals surface area contributed by atoms with Gasteiger partial charge in [-0.1, -0.05) is 5.16 Å². The zero-order valence-corrected chi connectivity index (χ0v) is 10.8. The second-order valence-electron chi connectivity index (χ2n) is 3.48. The first-order chi connectivity index (χ1) is 8.66. The molecule has 1 heterocycles. The standard InChI is InChI=1S/C11H9BrFN3O2/c12-9-2-1-7(13)5-8(9)11(17)14-4-3-10-15-6-18-16-10/h1-2,5-6H,3-4H2,(H,14,17). The van der Waals surface area contributed by atoms with E-state index in [1.807, 2.05) is 0 Å². The van der Waals surface area contributed by atoms with Gasteiger partial charge in [0.2, 0.25) is 6.39 Å². The zero-order valence-electron chi connectivity index (χ0n) is 9.19. The number of aromatic nitrogens is 2. The summed E-state index contributed by atoms with van der Waals surface area (Å²) in [7, 11) is 0. The van der Waals surface area contributed by atoms with E-state index in [4.69, 9.17) is 0 Å². The fourth-order valence-electron chi connectivity index (χ4n) is 1.36. The van der Waals surface area contributed by atoms with Crippen molar-refractivity contribution in [2.45, 2.75) is 6.42 Å². The normalized spacial score (nSPS) is 10.3. The topological polar surface area (TPSA) is 68.0 Å². The first-order valence-electron chi connectivity index (χ1n) is 5.15. The summed E-state index contributed by atoms with van der Waals surface area (Å²) in [5.41, 5.74) is 0.253. The number of halogens is 2. The number of benzene rings is 1. The number of rotatable bonds is 4. The van der Waals surface area contributed by atoms with Gasteiger partial charge in [-0.05, 0) is 34.1 Å². The molecule has 0 saturated heterocycles. The van der Waals surface area contributed by atoms with Crippen LogP contribution < -0.4 is 5.32 Å². The summed E-state index contributed by atoms with van der Waals surface area (Å²) in [5, 5.41) is 6.26. The van der Waals surface area contributed by atoms with E-state index in [0.717, 1.165) is 0 Å². The Morgan fingerprint density at radius 1 is 1.50 bits per heavy atom. The van der Waals surface area contributed by atoms with E-state index < -0.39 is 5.82 Å². The summed E-state index contributed by atoms with van der Waals surface area (Å²) in [5.74, 6) is -0.306. The number of nitrogens with zero attached hydrogens (tertiary/aromatic N) is 2. The Kier molecular flexibility index (Phi) is 4.03. The van der Waals surface area contributed by atoms with Crippen LogP contribution in [-0.4, -0.2) is 22.6 Å². The smallest absolute Gasteiger partial charge is 0.252 e. The molecule has 0 saturated carbocycles. The van der Waals surface area contributed by atoms with Gasteiger partial charge in [-0.3, -0.25) is 4.79 Å². The average molecular weight is 314 g/mol. The van der Waals surface area contributed by atoms with Crippen molar-refractivity contribution in [2.24, 2.45) is 0 Å². The molecule has 1 aromatic heterocycles. The molecular formula is C11H9BrFN3O2. The Hall–Kier alpha value is -1.76. The molecule has 18 heavy (non-hydrogen) atoms. The molecule has 2 aromatic rings. The van der Waals surface area contributed by atoms with Crippen molar-refractivity contribution in [3.05, 3.63) is 46.3 Å². The quantitative estimate of drug-likeness (QED) is 0.936. The molecular weight excluding hydrogens is 305 g/mol. The highest BCUT2D eigenvalue weighted by molar-refractivity contribution is 9.10. The summed E-state index contributed by atoms with van der Waals surface area (Å²) in [6.45, 7) is 0.349. The van der Waals surface area contributed by atoms with E-state index in [-0.39, 0.29) is 11.5 Å². The molecule has 0 radical (unpaired) electrons.